The second-order valence-electron chi connectivity index (χ2n) is 4.31. The van der Waals surface area contributed by atoms with E-state index in [1.165, 1.54) is 0 Å². The fraction of sp³-hybridized carbons (Fsp3) is 0.462. The van der Waals surface area contributed by atoms with Crippen LogP contribution in [0.3, 0.4) is 0 Å². The molecule has 0 atom stereocenters. The van der Waals surface area contributed by atoms with Crippen molar-refractivity contribution in [2.75, 3.05) is 7.11 Å². The van der Waals surface area contributed by atoms with Crippen LogP contribution in [0, 0.1) is 6.92 Å². The molecule has 0 aromatic heterocycles. The van der Waals surface area contributed by atoms with Crippen LogP contribution < -0.4 is 10.1 Å². The number of carbonyl (C=O) groups is 1. The van der Waals surface area contributed by atoms with Crippen LogP contribution in [0.4, 0.5) is 0 Å². The molecule has 1 rings (SSSR count). The number of nitrogens with one attached hydrogen (secondary N) is 1. The van der Waals surface area contributed by atoms with E-state index >= 15 is 0 Å². The Morgan fingerprint density at radius 2 is 2.12 bits per heavy atom. The number of hydrogen-bond acceptors (Lipinski definition) is 2. The van der Waals surface area contributed by atoms with Crippen LogP contribution in [-0.4, -0.2) is 19.1 Å². The number of benzene rings is 1. The van der Waals surface area contributed by atoms with E-state index in [4.69, 9.17) is 16.3 Å². The van der Waals surface area contributed by atoms with Crippen LogP contribution in [0.5, 0.6) is 5.75 Å². The lowest BCUT2D eigenvalue weighted by Crippen LogP contribution is -2.31. The van der Waals surface area contributed by atoms with E-state index in [9.17, 15) is 4.79 Å². The zero-order valence-corrected chi connectivity index (χ0v) is 11.4. The molecule has 0 saturated heterocycles. The Morgan fingerprint density at radius 1 is 1.47 bits per heavy atom. The number of hydrogen-bond donors (Lipinski definition) is 1. The van der Waals surface area contributed by atoms with Crippen molar-refractivity contribution < 1.29 is 9.53 Å². The second kappa shape index (κ2) is 5.92. The van der Waals surface area contributed by atoms with Crippen molar-refractivity contribution in [2.24, 2.45) is 0 Å². The minimum Gasteiger partial charge on any atom is -0.496 e. The van der Waals surface area contributed by atoms with E-state index in [0.29, 0.717) is 10.8 Å². The van der Waals surface area contributed by atoms with Crippen LogP contribution in [0.15, 0.2) is 12.1 Å². The molecule has 0 unspecified atom stereocenters. The molecule has 1 N–H and O–H groups in total. The van der Waals surface area contributed by atoms with E-state index in [2.05, 4.69) is 5.32 Å². The molecule has 0 saturated carbocycles. The molecule has 0 fully saturated rings. The number of ether oxygens (including phenoxy) is 1. The predicted molar refractivity (Wildman–Crippen MR) is 69.7 cm³/mol. The van der Waals surface area contributed by atoms with Gasteiger partial charge in [0.1, 0.15) is 5.75 Å². The van der Waals surface area contributed by atoms with E-state index in [0.717, 1.165) is 11.1 Å². The van der Waals surface area contributed by atoms with Crippen molar-refractivity contribution in [3.63, 3.8) is 0 Å². The van der Waals surface area contributed by atoms with Gasteiger partial charge in [-0.15, -0.1) is 0 Å². The summed E-state index contributed by atoms with van der Waals surface area (Å²) >= 11 is 6.04. The molecule has 1 amide bonds. The topological polar surface area (TPSA) is 38.3 Å². The SMILES string of the molecule is COc1cc(C)c(Cl)cc1CC(=O)NC(C)C. The lowest BCUT2D eigenvalue weighted by Gasteiger charge is -2.12. The van der Waals surface area contributed by atoms with Crippen molar-refractivity contribution in [3.8, 4) is 5.75 Å². The molecule has 1 aromatic rings. The monoisotopic (exact) mass is 255 g/mol. The number of rotatable bonds is 4. The summed E-state index contributed by atoms with van der Waals surface area (Å²) < 4.78 is 5.25. The van der Waals surface area contributed by atoms with Crippen LogP contribution in [0.25, 0.3) is 0 Å². The van der Waals surface area contributed by atoms with Gasteiger partial charge in [0.05, 0.1) is 13.5 Å². The Labute approximate surface area is 107 Å². The summed E-state index contributed by atoms with van der Waals surface area (Å²) in [5.41, 5.74) is 1.75. The Hall–Kier alpha value is -1.22. The Bertz CT molecular complexity index is 416. The minimum atomic E-state index is -0.0294. The standard InChI is InChI=1S/C13H18ClNO2/c1-8(2)15-13(16)7-10-6-11(14)9(3)5-12(10)17-4/h5-6,8H,7H2,1-4H3,(H,15,16). The molecule has 0 aliphatic heterocycles. The lowest BCUT2D eigenvalue weighted by molar-refractivity contribution is -0.120. The van der Waals surface area contributed by atoms with Crippen molar-refractivity contribution in [2.45, 2.75) is 33.2 Å². The van der Waals surface area contributed by atoms with E-state index in [-0.39, 0.29) is 18.4 Å². The molecule has 94 valence electrons. The molecule has 0 aliphatic rings. The molecule has 0 bridgehead atoms. The van der Waals surface area contributed by atoms with Gasteiger partial charge >= 0.3 is 0 Å². The fourth-order valence-electron chi connectivity index (χ4n) is 1.57. The van der Waals surface area contributed by atoms with Gasteiger partial charge in [-0.05, 0) is 38.5 Å². The summed E-state index contributed by atoms with van der Waals surface area (Å²) in [4.78, 5) is 11.7. The summed E-state index contributed by atoms with van der Waals surface area (Å²) in [5, 5.41) is 3.49. The largest absolute Gasteiger partial charge is 0.496 e. The average molecular weight is 256 g/mol. The molecule has 3 nitrogen and oxygen atoms in total. The molecule has 0 aliphatic carbocycles. The molecule has 0 heterocycles. The number of amides is 1. The van der Waals surface area contributed by atoms with Gasteiger partial charge in [0.25, 0.3) is 0 Å². The van der Waals surface area contributed by atoms with E-state index < -0.39 is 0 Å². The van der Waals surface area contributed by atoms with Crippen molar-refractivity contribution in [1.29, 1.82) is 0 Å². The third-order valence-electron chi connectivity index (χ3n) is 2.36. The summed E-state index contributed by atoms with van der Waals surface area (Å²) in [7, 11) is 1.59. The van der Waals surface area contributed by atoms with Crippen LogP contribution in [0.1, 0.15) is 25.0 Å². The smallest absolute Gasteiger partial charge is 0.224 e. The highest BCUT2D eigenvalue weighted by molar-refractivity contribution is 6.31. The summed E-state index contributed by atoms with van der Waals surface area (Å²) in [6, 6.07) is 3.77. The van der Waals surface area contributed by atoms with Gasteiger partial charge in [0.15, 0.2) is 0 Å². The van der Waals surface area contributed by atoms with Crippen molar-refractivity contribution in [1.82, 2.24) is 5.32 Å². The number of methoxy groups -OCH3 is 1. The third-order valence-corrected chi connectivity index (χ3v) is 2.77. The molecule has 1 aromatic carbocycles. The summed E-state index contributed by atoms with van der Waals surface area (Å²) in [5.74, 6) is 0.670. The fourth-order valence-corrected chi connectivity index (χ4v) is 1.76. The third kappa shape index (κ3) is 3.93. The van der Waals surface area contributed by atoms with Crippen LogP contribution in [-0.2, 0) is 11.2 Å². The molecule has 0 radical (unpaired) electrons. The molecule has 17 heavy (non-hydrogen) atoms. The van der Waals surface area contributed by atoms with E-state index in [1.807, 2.05) is 26.8 Å². The highest BCUT2D eigenvalue weighted by atomic mass is 35.5. The van der Waals surface area contributed by atoms with Gasteiger partial charge < -0.3 is 10.1 Å². The second-order valence-corrected chi connectivity index (χ2v) is 4.72. The Balaban J connectivity index is 2.90. The first kappa shape index (κ1) is 13.8. The lowest BCUT2D eigenvalue weighted by atomic mass is 10.1. The van der Waals surface area contributed by atoms with Gasteiger partial charge in [-0.25, -0.2) is 0 Å². The zero-order chi connectivity index (χ0) is 13.0. The van der Waals surface area contributed by atoms with Crippen LogP contribution >= 0.6 is 11.6 Å². The highest BCUT2D eigenvalue weighted by Crippen LogP contribution is 2.26. The van der Waals surface area contributed by atoms with Gasteiger partial charge in [0.2, 0.25) is 5.91 Å². The first-order valence-corrected chi connectivity index (χ1v) is 5.94. The quantitative estimate of drug-likeness (QED) is 0.899. The van der Waals surface area contributed by atoms with Crippen molar-refractivity contribution in [3.05, 3.63) is 28.3 Å². The molecule has 4 heteroatoms. The predicted octanol–water partition coefficient (Wildman–Crippen LogP) is 2.72. The summed E-state index contributed by atoms with van der Waals surface area (Å²) in [6.07, 6.45) is 0.279. The summed E-state index contributed by atoms with van der Waals surface area (Å²) in [6.45, 7) is 5.76. The first-order valence-electron chi connectivity index (χ1n) is 5.56. The Morgan fingerprint density at radius 3 is 2.65 bits per heavy atom. The van der Waals surface area contributed by atoms with Gasteiger partial charge in [-0.1, -0.05) is 11.6 Å². The molecule has 0 spiro atoms. The average Bonchev–Trinajstić information content (AvgIpc) is 2.21. The van der Waals surface area contributed by atoms with Gasteiger partial charge in [-0.3, -0.25) is 4.79 Å². The number of carbonyl (C=O) groups excluding carboxylic acids is 1. The van der Waals surface area contributed by atoms with Crippen molar-refractivity contribution >= 4 is 17.5 Å². The van der Waals surface area contributed by atoms with Crippen LogP contribution in [0.2, 0.25) is 5.02 Å². The number of aryl methyl sites for hydroxylation is 1. The minimum absolute atomic E-state index is 0.0294. The van der Waals surface area contributed by atoms with Gasteiger partial charge in [-0.2, -0.15) is 0 Å². The normalized spacial score (nSPS) is 10.5. The Kier molecular flexibility index (Phi) is 4.82. The molecular weight excluding hydrogens is 238 g/mol. The number of halogens is 1. The van der Waals surface area contributed by atoms with Gasteiger partial charge in [0, 0.05) is 16.6 Å². The maximum absolute atomic E-state index is 11.7. The maximum Gasteiger partial charge on any atom is 0.224 e. The molecular formula is C13H18ClNO2. The zero-order valence-electron chi connectivity index (χ0n) is 10.6. The van der Waals surface area contributed by atoms with E-state index in [1.54, 1.807) is 13.2 Å². The maximum atomic E-state index is 11.7. The highest BCUT2D eigenvalue weighted by Gasteiger charge is 2.11. The first-order chi connectivity index (χ1) is 7.93.